The van der Waals surface area contributed by atoms with Crippen LogP contribution in [0.25, 0.3) is 0 Å². The number of ketones is 1. The number of carbonyl (C=O) groups is 2. The average Bonchev–Trinajstić information content (AvgIpc) is 2.78. The maximum Gasteiger partial charge on any atom is 1.00 e. The number of nitrogens with zero attached hydrogens (tertiary/aromatic N) is 2. The van der Waals surface area contributed by atoms with Crippen molar-refractivity contribution in [2.45, 2.75) is 23.1 Å². The summed E-state index contributed by atoms with van der Waals surface area (Å²) in [5.74, 6) is -1.40. The van der Waals surface area contributed by atoms with Crippen molar-refractivity contribution in [3.8, 4) is 0 Å². The van der Waals surface area contributed by atoms with Crippen LogP contribution in [0.15, 0.2) is 33.1 Å². The van der Waals surface area contributed by atoms with Crippen LogP contribution >= 0.6 is 0 Å². The van der Waals surface area contributed by atoms with Crippen molar-refractivity contribution in [2.24, 2.45) is 5.10 Å². The Hall–Kier alpha value is -0.150. The third kappa shape index (κ3) is 5.66. The van der Waals surface area contributed by atoms with Gasteiger partial charge < -0.3 is 9.11 Å². The van der Waals surface area contributed by atoms with Gasteiger partial charge >= 0.3 is 59.1 Å². The van der Waals surface area contributed by atoms with Crippen LogP contribution in [0.5, 0.6) is 0 Å². The van der Waals surface area contributed by atoms with Crippen LogP contribution in [0.4, 0.5) is 5.69 Å². The first-order valence-electron chi connectivity index (χ1n) is 5.88. The number of carbonyl (C=O) groups excluding carboxylic acids is 2. The zero-order chi connectivity index (χ0) is 17.6. The topological polar surface area (TPSA) is 164 Å². The van der Waals surface area contributed by atoms with Crippen LogP contribution in [0, 0.1) is 0 Å². The molecule has 0 bridgehead atoms. The van der Waals surface area contributed by atoms with Crippen molar-refractivity contribution in [2.75, 3.05) is 5.01 Å². The van der Waals surface area contributed by atoms with E-state index >= 15 is 0 Å². The predicted octanol–water partition coefficient (Wildman–Crippen LogP) is -6.82. The molecule has 0 spiro atoms. The predicted molar refractivity (Wildman–Crippen MR) is 72.6 cm³/mol. The minimum absolute atomic E-state index is 0. The van der Waals surface area contributed by atoms with Crippen LogP contribution in [0.1, 0.15) is 13.3 Å². The van der Waals surface area contributed by atoms with Crippen molar-refractivity contribution in [3.05, 3.63) is 18.2 Å². The first-order valence-corrected chi connectivity index (χ1v) is 8.70. The van der Waals surface area contributed by atoms with Gasteiger partial charge in [-0.15, -0.1) is 0 Å². The molecule has 1 heterocycles. The Bertz CT molecular complexity index is 956. The average molecular weight is 406 g/mol. The van der Waals surface area contributed by atoms with Gasteiger partial charge in [0.15, 0.2) is 5.78 Å². The van der Waals surface area contributed by atoms with Crippen LogP contribution in [-0.4, -0.2) is 43.3 Å². The van der Waals surface area contributed by atoms with Gasteiger partial charge in [0.1, 0.15) is 25.9 Å². The van der Waals surface area contributed by atoms with E-state index in [0.29, 0.717) is 23.2 Å². The second-order valence-electron chi connectivity index (χ2n) is 4.52. The quantitative estimate of drug-likeness (QED) is 0.352. The first-order chi connectivity index (χ1) is 10.4. The van der Waals surface area contributed by atoms with Gasteiger partial charge in [0.25, 0.3) is 5.91 Å². The van der Waals surface area contributed by atoms with Gasteiger partial charge in [-0.1, -0.05) is 0 Å². The van der Waals surface area contributed by atoms with E-state index in [-0.39, 0.29) is 64.8 Å². The molecule has 0 aromatic heterocycles. The zero-order valence-corrected chi connectivity index (χ0v) is 19.0. The Morgan fingerprint density at radius 2 is 1.68 bits per heavy atom. The normalized spacial score (nSPS) is 14.4. The third-order valence-corrected chi connectivity index (χ3v) is 4.61. The summed E-state index contributed by atoms with van der Waals surface area (Å²) in [6, 6.07) is 1.78. The molecule has 1 aromatic rings. The van der Waals surface area contributed by atoms with Gasteiger partial charge in [0.2, 0.25) is 0 Å². The van der Waals surface area contributed by atoms with E-state index in [1.165, 1.54) is 0 Å². The summed E-state index contributed by atoms with van der Waals surface area (Å²) in [7, 11) is -10.1. The molecule has 0 aliphatic carbocycles. The van der Waals surface area contributed by atoms with Crippen molar-refractivity contribution in [3.63, 3.8) is 0 Å². The fraction of sp³-hybridized carbons (Fsp3) is 0.182. The molecule has 124 valence electrons. The van der Waals surface area contributed by atoms with Crippen molar-refractivity contribution in [1.82, 2.24) is 0 Å². The fourth-order valence-corrected chi connectivity index (χ4v) is 2.97. The maximum atomic E-state index is 11.9. The summed E-state index contributed by atoms with van der Waals surface area (Å²) in [5.41, 5.74) is -0.891. The second kappa shape index (κ2) is 8.69. The van der Waals surface area contributed by atoms with Crippen LogP contribution < -0.4 is 64.1 Å². The number of anilines is 1. The van der Waals surface area contributed by atoms with Crippen molar-refractivity contribution >= 4 is 43.3 Å². The van der Waals surface area contributed by atoms with E-state index in [0.717, 1.165) is 6.92 Å². The number of hydrazone groups is 1. The summed E-state index contributed by atoms with van der Waals surface area (Å²) in [6.07, 6.45) is -0.442. The van der Waals surface area contributed by atoms with E-state index < -0.39 is 53.8 Å². The zero-order valence-electron chi connectivity index (χ0n) is 13.4. The number of hydrogen-bond acceptors (Lipinski definition) is 9. The number of rotatable bonds is 4. The first kappa shape index (κ1) is 24.8. The molecule has 1 aromatic carbocycles. The molecule has 25 heavy (non-hydrogen) atoms. The molecule has 0 atom stereocenters. The molecule has 0 N–H and O–H groups in total. The van der Waals surface area contributed by atoms with Crippen molar-refractivity contribution in [1.29, 1.82) is 0 Å². The Kier molecular flexibility index (Phi) is 8.64. The molecule has 10 nitrogen and oxygen atoms in total. The minimum Gasteiger partial charge on any atom is -0.744 e. The monoisotopic (exact) mass is 406 g/mol. The van der Waals surface area contributed by atoms with Gasteiger partial charge in [-0.3, -0.25) is 9.59 Å². The standard InChI is InChI=1S/C11H10N2O8S2.2Na/c1-6(14)8-5-11(15)13(12-8)9-4-7(22(16,17)18)2-3-10(9)23(19,20)21;;/h2-4H,5H2,1H3,(H,16,17,18)(H,19,20,21);;/q;2*+1/p-2. The molecule has 0 radical (unpaired) electrons. The third-order valence-electron chi connectivity index (χ3n) is 2.90. The molecule has 0 unspecified atom stereocenters. The summed E-state index contributed by atoms with van der Waals surface area (Å²) in [4.78, 5) is 21.3. The molecular formula is C11H8N2Na2O8S2. The number of benzene rings is 1. The molecule has 1 aliphatic heterocycles. The molecule has 0 fully saturated rings. The molecule has 0 saturated heterocycles. The van der Waals surface area contributed by atoms with Crippen molar-refractivity contribution < 1.29 is 94.6 Å². The molecular weight excluding hydrogens is 398 g/mol. The smallest absolute Gasteiger partial charge is 0.744 e. The molecule has 1 amide bonds. The number of Topliss-reactive ketones (excluding diaryl/α,β-unsaturated/α-hetero) is 1. The molecule has 2 rings (SSSR count). The molecule has 0 saturated carbocycles. The Balaban J connectivity index is 0.00000288. The Morgan fingerprint density at radius 3 is 2.08 bits per heavy atom. The Morgan fingerprint density at radius 1 is 1.12 bits per heavy atom. The van der Waals surface area contributed by atoms with Gasteiger partial charge in [-0.05, 0) is 18.2 Å². The van der Waals surface area contributed by atoms with Gasteiger partial charge in [0, 0.05) is 6.92 Å². The van der Waals surface area contributed by atoms with E-state index in [1.54, 1.807) is 0 Å². The molecule has 14 heteroatoms. The van der Waals surface area contributed by atoms with Crippen LogP contribution in [0.2, 0.25) is 0 Å². The van der Waals surface area contributed by atoms with E-state index in [9.17, 15) is 35.5 Å². The second-order valence-corrected chi connectivity index (χ2v) is 7.25. The summed E-state index contributed by atoms with van der Waals surface area (Å²) in [6.45, 7) is 1.12. The molecule has 1 aliphatic rings. The van der Waals surface area contributed by atoms with Gasteiger partial charge in [-0.2, -0.15) is 10.1 Å². The van der Waals surface area contributed by atoms with E-state index in [4.69, 9.17) is 0 Å². The fourth-order valence-electron chi connectivity index (χ4n) is 1.84. The summed E-state index contributed by atoms with van der Waals surface area (Å²) in [5, 5.41) is 4.01. The van der Waals surface area contributed by atoms with Crippen LogP contribution in [-0.2, 0) is 29.8 Å². The largest absolute Gasteiger partial charge is 1.00 e. The van der Waals surface area contributed by atoms with E-state index in [2.05, 4.69) is 5.10 Å². The summed E-state index contributed by atoms with van der Waals surface area (Å²) >= 11 is 0. The maximum absolute atomic E-state index is 11.9. The number of hydrogen-bond donors (Lipinski definition) is 0. The van der Waals surface area contributed by atoms with Gasteiger partial charge in [-0.25, -0.2) is 16.8 Å². The summed E-state index contributed by atoms with van der Waals surface area (Å²) < 4.78 is 66.9. The SMILES string of the molecule is CC(=O)C1=NN(c2cc(S(=O)(=O)[O-])ccc2S(=O)(=O)[O-])C(=O)C1.[Na+].[Na+]. The number of amides is 1. The minimum atomic E-state index is -5.09. The van der Waals surface area contributed by atoms with E-state index in [1.807, 2.05) is 0 Å². The van der Waals surface area contributed by atoms with Crippen LogP contribution in [0.3, 0.4) is 0 Å². The Labute approximate surface area is 187 Å². The van der Waals surface area contributed by atoms with Gasteiger partial charge in [0.05, 0.1) is 21.9 Å².